The Hall–Kier alpha value is -2.63. The number of aromatic amines is 1. The van der Waals surface area contributed by atoms with E-state index in [0.717, 1.165) is 49.3 Å². The molecule has 0 bridgehead atoms. The van der Waals surface area contributed by atoms with E-state index in [2.05, 4.69) is 54.9 Å². The van der Waals surface area contributed by atoms with Crippen molar-refractivity contribution in [2.75, 3.05) is 32.8 Å². The van der Waals surface area contributed by atoms with E-state index < -0.39 is 0 Å². The van der Waals surface area contributed by atoms with Crippen LogP contribution in [0.1, 0.15) is 34.1 Å². The van der Waals surface area contributed by atoms with Gasteiger partial charge in [0.1, 0.15) is 5.69 Å². The minimum atomic E-state index is 0.0489. The summed E-state index contributed by atoms with van der Waals surface area (Å²) in [6, 6.07) is 16.6. The molecule has 0 spiro atoms. The number of morpholine rings is 1. The van der Waals surface area contributed by atoms with Gasteiger partial charge in [-0.05, 0) is 49.6 Å². The molecule has 30 heavy (non-hydrogen) atoms. The Morgan fingerprint density at radius 1 is 1.13 bits per heavy atom. The minimum absolute atomic E-state index is 0.0489. The summed E-state index contributed by atoms with van der Waals surface area (Å²) in [7, 11) is 0. The van der Waals surface area contributed by atoms with Gasteiger partial charge in [-0.25, -0.2) is 0 Å². The number of aryl methyl sites for hydroxylation is 2. The van der Waals surface area contributed by atoms with Crippen LogP contribution in [0, 0.1) is 13.8 Å². The summed E-state index contributed by atoms with van der Waals surface area (Å²) in [6.45, 7) is 11.1. The fourth-order valence-corrected chi connectivity index (χ4v) is 4.33. The number of hydrogen-bond donors (Lipinski definition) is 1. The molecule has 0 aliphatic carbocycles. The zero-order valence-electron chi connectivity index (χ0n) is 18.1. The van der Waals surface area contributed by atoms with Gasteiger partial charge in [-0.15, -0.1) is 0 Å². The molecule has 1 fully saturated rings. The zero-order chi connectivity index (χ0) is 21.1. The Balaban J connectivity index is 1.62. The number of benzene rings is 2. The number of H-pyrrole nitrogens is 1. The number of nitrogens with zero attached hydrogens (tertiary/aromatic N) is 2. The van der Waals surface area contributed by atoms with E-state index in [1.54, 1.807) is 0 Å². The highest BCUT2D eigenvalue weighted by atomic mass is 16.5. The molecule has 1 aromatic heterocycles. The Morgan fingerprint density at radius 3 is 2.60 bits per heavy atom. The van der Waals surface area contributed by atoms with Crippen LogP contribution >= 0.6 is 0 Å². The molecule has 5 heteroatoms. The van der Waals surface area contributed by atoms with Gasteiger partial charge in [-0.2, -0.15) is 0 Å². The molecule has 0 saturated carbocycles. The molecule has 3 aromatic rings. The van der Waals surface area contributed by atoms with Crippen molar-refractivity contribution < 1.29 is 9.53 Å². The third kappa shape index (κ3) is 4.58. The summed E-state index contributed by atoms with van der Waals surface area (Å²) < 4.78 is 5.48. The van der Waals surface area contributed by atoms with E-state index in [-0.39, 0.29) is 11.9 Å². The van der Waals surface area contributed by atoms with Gasteiger partial charge >= 0.3 is 0 Å². The van der Waals surface area contributed by atoms with Crippen LogP contribution in [0.15, 0.2) is 48.5 Å². The number of aromatic nitrogens is 1. The van der Waals surface area contributed by atoms with Gasteiger partial charge in [0.15, 0.2) is 0 Å². The molecule has 1 unspecified atom stereocenters. The molecule has 2 aromatic carbocycles. The summed E-state index contributed by atoms with van der Waals surface area (Å²) in [6.07, 6.45) is 0. The molecule has 0 radical (unpaired) electrons. The Labute approximate surface area is 178 Å². The van der Waals surface area contributed by atoms with Crippen molar-refractivity contribution in [1.82, 2.24) is 14.8 Å². The summed E-state index contributed by atoms with van der Waals surface area (Å²) in [4.78, 5) is 21.4. The lowest BCUT2D eigenvalue weighted by Crippen LogP contribution is -2.48. The number of fused-ring (bicyclic) bond motifs is 1. The number of hydrogen-bond acceptors (Lipinski definition) is 3. The van der Waals surface area contributed by atoms with Gasteiger partial charge < -0.3 is 14.6 Å². The highest BCUT2D eigenvalue weighted by Crippen LogP contribution is 2.23. The Morgan fingerprint density at radius 2 is 1.87 bits per heavy atom. The fraction of sp³-hybridized carbons (Fsp3) is 0.400. The van der Waals surface area contributed by atoms with Crippen LogP contribution in [-0.2, 0) is 11.3 Å². The highest BCUT2D eigenvalue weighted by molar-refractivity contribution is 5.99. The maximum absolute atomic E-state index is 13.6. The topological polar surface area (TPSA) is 48.6 Å². The maximum Gasteiger partial charge on any atom is 0.270 e. The van der Waals surface area contributed by atoms with Crippen LogP contribution in [0.5, 0.6) is 0 Å². The first-order valence-corrected chi connectivity index (χ1v) is 10.8. The predicted molar refractivity (Wildman–Crippen MR) is 121 cm³/mol. The van der Waals surface area contributed by atoms with E-state index in [1.807, 2.05) is 29.2 Å². The first-order valence-electron chi connectivity index (χ1n) is 10.8. The monoisotopic (exact) mass is 405 g/mol. The molecule has 1 amide bonds. The largest absolute Gasteiger partial charge is 0.379 e. The summed E-state index contributed by atoms with van der Waals surface area (Å²) in [5.41, 5.74) is 5.21. The Kier molecular flexibility index (Phi) is 6.21. The molecule has 1 aliphatic rings. The van der Waals surface area contributed by atoms with Crippen molar-refractivity contribution in [3.8, 4) is 0 Å². The molecule has 5 nitrogen and oxygen atoms in total. The first-order chi connectivity index (χ1) is 14.5. The van der Waals surface area contributed by atoms with Gasteiger partial charge in [0.25, 0.3) is 5.91 Å². The lowest BCUT2D eigenvalue weighted by atomic mass is 10.1. The maximum atomic E-state index is 13.6. The molecule has 4 rings (SSSR count). The molecule has 1 N–H and O–H groups in total. The molecule has 1 atom stereocenters. The number of carbonyl (C=O) groups is 1. The highest BCUT2D eigenvalue weighted by Gasteiger charge is 2.26. The van der Waals surface area contributed by atoms with Crippen molar-refractivity contribution >= 4 is 16.8 Å². The van der Waals surface area contributed by atoms with Crippen LogP contribution in [0.3, 0.4) is 0 Å². The van der Waals surface area contributed by atoms with Crippen LogP contribution < -0.4 is 0 Å². The number of ether oxygens (including phenoxy) is 1. The van der Waals surface area contributed by atoms with Crippen LogP contribution in [0.2, 0.25) is 0 Å². The van der Waals surface area contributed by atoms with Gasteiger partial charge in [0.05, 0.1) is 13.2 Å². The molecule has 2 heterocycles. The van der Waals surface area contributed by atoms with E-state index in [0.29, 0.717) is 12.2 Å². The quantitative estimate of drug-likeness (QED) is 0.670. The van der Waals surface area contributed by atoms with Gasteiger partial charge in [0.2, 0.25) is 0 Å². The average molecular weight is 406 g/mol. The summed E-state index contributed by atoms with van der Waals surface area (Å²) in [5, 5.41) is 1.12. The second-order valence-corrected chi connectivity index (χ2v) is 8.41. The van der Waals surface area contributed by atoms with Crippen LogP contribution in [0.25, 0.3) is 10.9 Å². The average Bonchev–Trinajstić information content (AvgIpc) is 3.17. The van der Waals surface area contributed by atoms with E-state index in [9.17, 15) is 4.79 Å². The SMILES string of the molecule is Cc1cc(C)c2cc(C(=O)N(Cc3ccccc3)C(C)CN3CCOCC3)[nH]c2c1. The number of rotatable bonds is 6. The molecule has 1 saturated heterocycles. The second-order valence-electron chi connectivity index (χ2n) is 8.41. The van der Waals surface area contributed by atoms with Crippen molar-refractivity contribution in [1.29, 1.82) is 0 Å². The van der Waals surface area contributed by atoms with Crippen LogP contribution in [0.4, 0.5) is 0 Å². The van der Waals surface area contributed by atoms with Gasteiger partial charge in [-0.3, -0.25) is 9.69 Å². The lowest BCUT2D eigenvalue weighted by molar-refractivity contribution is 0.0227. The fourth-order valence-electron chi connectivity index (χ4n) is 4.33. The molecule has 158 valence electrons. The molecular formula is C25H31N3O2. The smallest absolute Gasteiger partial charge is 0.270 e. The summed E-state index contributed by atoms with van der Waals surface area (Å²) >= 11 is 0. The standard InChI is InChI=1S/C25H31N3O2/c1-18-13-19(2)22-15-24(26-23(22)14-18)25(29)28(17-21-7-5-4-6-8-21)20(3)16-27-9-11-30-12-10-27/h4-8,13-15,20,26H,9-12,16-17H2,1-3H3. The number of carbonyl (C=O) groups excluding carboxylic acids is 1. The number of nitrogens with one attached hydrogen (secondary N) is 1. The predicted octanol–water partition coefficient (Wildman–Crippen LogP) is 4.15. The summed E-state index contributed by atoms with van der Waals surface area (Å²) in [5.74, 6) is 0.0489. The Bertz CT molecular complexity index is 1010. The second kappa shape index (κ2) is 9.02. The zero-order valence-corrected chi connectivity index (χ0v) is 18.1. The third-order valence-corrected chi connectivity index (χ3v) is 5.93. The normalized spacial score (nSPS) is 16.0. The molecule has 1 aliphatic heterocycles. The van der Waals surface area contributed by atoms with Gasteiger partial charge in [-0.1, -0.05) is 36.4 Å². The van der Waals surface area contributed by atoms with Crippen molar-refractivity contribution in [3.63, 3.8) is 0 Å². The first kappa shape index (κ1) is 20.6. The van der Waals surface area contributed by atoms with Crippen molar-refractivity contribution in [2.24, 2.45) is 0 Å². The lowest BCUT2D eigenvalue weighted by Gasteiger charge is -2.35. The minimum Gasteiger partial charge on any atom is -0.379 e. The van der Waals surface area contributed by atoms with E-state index in [1.165, 1.54) is 11.1 Å². The van der Waals surface area contributed by atoms with E-state index in [4.69, 9.17) is 4.74 Å². The van der Waals surface area contributed by atoms with Gasteiger partial charge in [0, 0.05) is 43.1 Å². The van der Waals surface area contributed by atoms with Crippen LogP contribution in [-0.4, -0.2) is 59.6 Å². The number of amides is 1. The van der Waals surface area contributed by atoms with E-state index >= 15 is 0 Å². The van der Waals surface area contributed by atoms with Crippen molar-refractivity contribution in [3.05, 3.63) is 70.9 Å². The van der Waals surface area contributed by atoms with Crippen molar-refractivity contribution in [2.45, 2.75) is 33.4 Å². The third-order valence-electron chi connectivity index (χ3n) is 5.93. The molecular weight excluding hydrogens is 374 g/mol.